The first kappa shape index (κ1) is 19.4. The highest BCUT2D eigenvalue weighted by Gasteiger charge is 2.34. The molecule has 6 nitrogen and oxygen atoms in total. The zero-order valence-corrected chi connectivity index (χ0v) is 16.5. The molecule has 0 N–H and O–H groups in total. The molecule has 152 valence electrons. The summed E-state index contributed by atoms with van der Waals surface area (Å²) in [5, 5.41) is 0. The van der Waals surface area contributed by atoms with Gasteiger partial charge in [-0.05, 0) is 37.8 Å². The average molecular weight is 394 g/mol. The Kier molecular flexibility index (Phi) is 5.79. The molecule has 3 heterocycles. The summed E-state index contributed by atoms with van der Waals surface area (Å²) in [6.07, 6.45) is 4.28. The Morgan fingerprint density at radius 3 is 2.00 bits per heavy atom. The van der Waals surface area contributed by atoms with E-state index in [0.717, 1.165) is 18.4 Å². The Morgan fingerprint density at radius 1 is 0.759 bits per heavy atom. The van der Waals surface area contributed by atoms with Gasteiger partial charge < -0.3 is 14.2 Å². The van der Waals surface area contributed by atoms with Crippen LogP contribution in [0, 0.1) is 11.8 Å². The molecule has 2 aliphatic rings. The van der Waals surface area contributed by atoms with Crippen LogP contribution in [0.4, 0.5) is 0 Å². The third kappa shape index (κ3) is 4.26. The Labute approximate surface area is 170 Å². The first-order valence-electron chi connectivity index (χ1n) is 10.3. The SMILES string of the molecule is O=C(c1ccccc1)C1CCN(C(=O)C2CCN(C(=O)c3ccco3)CC2)CC1. The summed E-state index contributed by atoms with van der Waals surface area (Å²) in [7, 11) is 0. The van der Waals surface area contributed by atoms with E-state index in [-0.39, 0.29) is 29.4 Å². The number of Topliss-reactive ketones (excluding diaryl/α,β-unsaturated/α-hetero) is 1. The molecule has 4 rings (SSSR count). The normalized spacial score (nSPS) is 18.6. The molecule has 0 bridgehead atoms. The molecule has 29 heavy (non-hydrogen) atoms. The van der Waals surface area contributed by atoms with Gasteiger partial charge in [-0.1, -0.05) is 30.3 Å². The van der Waals surface area contributed by atoms with E-state index in [2.05, 4.69) is 0 Å². The number of carbonyl (C=O) groups is 3. The summed E-state index contributed by atoms with van der Waals surface area (Å²) in [6, 6.07) is 12.8. The molecule has 1 aromatic carbocycles. The molecule has 0 atom stereocenters. The van der Waals surface area contributed by atoms with Crippen LogP contribution < -0.4 is 0 Å². The maximum atomic E-state index is 12.9. The Morgan fingerprint density at radius 2 is 1.38 bits per heavy atom. The van der Waals surface area contributed by atoms with Gasteiger partial charge in [0.25, 0.3) is 5.91 Å². The van der Waals surface area contributed by atoms with Crippen LogP contribution in [0.5, 0.6) is 0 Å². The standard InChI is InChI=1S/C23H26N2O4/c26-21(17-5-2-1-3-6-17)18-8-12-24(13-9-18)22(27)19-10-14-25(15-11-19)23(28)20-7-4-16-29-20/h1-7,16,18-19H,8-15H2. The minimum absolute atomic E-state index is 0.00536. The van der Waals surface area contributed by atoms with Gasteiger partial charge >= 0.3 is 0 Å². The first-order chi connectivity index (χ1) is 14.1. The highest BCUT2D eigenvalue weighted by atomic mass is 16.3. The molecule has 1 aromatic heterocycles. The number of benzene rings is 1. The fourth-order valence-electron chi connectivity index (χ4n) is 4.34. The summed E-state index contributed by atoms with van der Waals surface area (Å²) < 4.78 is 5.19. The van der Waals surface area contributed by atoms with Crippen LogP contribution in [0.2, 0.25) is 0 Å². The summed E-state index contributed by atoms with van der Waals surface area (Å²) in [5.41, 5.74) is 0.755. The fourth-order valence-corrected chi connectivity index (χ4v) is 4.34. The molecule has 2 saturated heterocycles. The van der Waals surface area contributed by atoms with E-state index in [1.54, 1.807) is 17.0 Å². The largest absolute Gasteiger partial charge is 0.459 e. The van der Waals surface area contributed by atoms with Crippen molar-refractivity contribution in [3.8, 4) is 0 Å². The fraction of sp³-hybridized carbons (Fsp3) is 0.435. The van der Waals surface area contributed by atoms with Crippen LogP contribution >= 0.6 is 0 Å². The molecular weight excluding hydrogens is 368 g/mol. The smallest absolute Gasteiger partial charge is 0.289 e. The quantitative estimate of drug-likeness (QED) is 0.747. The monoisotopic (exact) mass is 394 g/mol. The van der Waals surface area contributed by atoms with Crippen molar-refractivity contribution in [2.75, 3.05) is 26.2 Å². The lowest BCUT2D eigenvalue weighted by Gasteiger charge is -2.37. The van der Waals surface area contributed by atoms with E-state index in [4.69, 9.17) is 4.42 Å². The summed E-state index contributed by atoms with van der Waals surface area (Å²) in [4.78, 5) is 41.6. The number of likely N-dealkylation sites (tertiary alicyclic amines) is 2. The van der Waals surface area contributed by atoms with Gasteiger partial charge in [-0.3, -0.25) is 14.4 Å². The molecule has 0 saturated carbocycles. The Balaban J connectivity index is 1.26. The number of piperidine rings is 2. The number of amides is 2. The van der Waals surface area contributed by atoms with Crippen LogP contribution in [0.15, 0.2) is 53.1 Å². The van der Waals surface area contributed by atoms with Crippen molar-refractivity contribution in [2.24, 2.45) is 11.8 Å². The van der Waals surface area contributed by atoms with Gasteiger partial charge in [-0.15, -0.1) is 0 Å². The number of ketones is 1. The van der Waals surface area contributed by atoms with Crippen LogP contribution in [0.1, 0.15) is 46.6 Å². The molecule has 0 aliphatic carbocycles. The zero-order chi connectivity index (χ0) is 20.2. The van der Waals surface area contributed by atoms with Gasteiger partial charge in [0, 0.05) is 43.6 Å². The molecule has 2 aliphatic heterocycles. The Bertz CT molecular complexity index is 846. The second-order valence-electron chi connectivity index (χ2n) is 7.87. The van der Waals surface area contributed by atoms with Crippen LogP contribution in [-0.4, -0.2) is 53.6 Å². The van der Waals surface area contributed by atoms with Gasteiger partial charge in [0.1, 0.15) is 0 Å². The van der Waals surface area contributed by atoms with E-state index in [0.29, 0.717) is 44.8 Å². The predicted molar refractivity (Wildman–Crippen MR) is 107 cm³/mol. The third-order valence-corrected chi connectivity index (χ3v) is 6.10. The van der Waals surface area contributed by atoms with Crippen LogP contribution in [0.3, 0.4) is 0 Å². The predicted octanol–water partition coefficient (Wildman–Crippen LogP) is 3.25. The van der Waals surface area contributed by atoms with Crippen molar-refractivity contribution in [1.29, 1.82) is 0 Å². The molecule has 2 fully saturated rings. The third-order valence-electron chi connectivity index (χ3n) is 6.10. The van der Waals surface area contributed by atoms with Gasteiger partial charge in [0.15, 0.2) is 11.5 Å². The van der Waals surface area contributed by atoms with Crippen LogP contribution in [-0.2, 0) is 4.79 Å². The molecule has 2 amide bonds. The molecule has 0 unspecified atom stereocenters. The average Bonchev–Trinajstić information content (AvgIpc) is 3.33. The maximum absolute atomic E-state index is 12.9. The molecule has 6 heteroatoms. The van der Waals surface area contributed by atoms with Gasteiger partial charge in [0.2, 0.25) is 5.91 Å². The van der Waals surface area contributed by atoms with Gasteiger partial charge in [0.05, 0.1) is 6.26 Å². The number of hydrogen-bond acceptors (Lipinski definition) is 4. The first-order valence-corrected chi connectivity index (χ1v) is 10.3. The Hall–Kier alpha value is -2.89. The van der Waals surface area contributed by atoms with Crippen molar-refractivity contribution in [3.63, 3.8) is 0 Å². The van der Waals surface area contributed by atoms with Crippen molar-refractivity contribution in [3.05, 3.63) is 60.1 Å². The van der Waals surface area contributed by atoms with Crippen molar-refractivity contribution < 1.29 is 18.8 Å². The van der Waals surface area contributed by atoms with Crippen molar-refractivity contribution in [1.82, 2.24) is 9.80 Å². The molecular formula is C23H26N2O4. The van der Waals surface area contributed by atoms with Gasteiger partial charge in [-0.2, -0.15) is 0 Å². The molecule has 0 spiro atoms. The summed E-state index contributed by atoms with van der Waals surface area (Å²) >= 11 is 0. The molecule has 0 radical (unpaired) electrons. The van der Waals surface area contributed by atoms with E-state index in [1.807, 2.05) is 35.2 Å². The topological polar surface area (TPSA) is 70.8 Å². The van der Waals surface area contributed by atoms with E-state index in [9.17, 15) is 14.4 Å². The summed E-state index contributed by atoms with van der Waals surface area (Å²) in [5.74, 6) is 0.537. The minimum Gasteiger partial charge on any atom is -0.459 e. The minimum atomic E-state index is -0.110. The van der Waals surface area contributed by atoms with E-state index in [1.165, 1.54) is 6.26 Å². The van der Waals surface area contributed by atoms with E-state index < -0.39 is 0 Å². The number of rotatable bonds is 4. The highest BCUT2D eigenvalue weighted by Crippen LogP contribution is 2.26. The van der Waals surface area contributed by atoms with Gasteiger partial charge in [-0.25, -0.2) is 0 Å². The lowest BCUT2D eigenvalue weighted by molar-refractivity contribution is -0.138. The molecule has 2 aromatic rings. The number of carbonyl (C=O) groups excluding carboxylic acids is 3. The number of nitrogens with zero attached hydrogens (tertiary/aromatic N) is 2. The lowest BCUT2D eigenvalue weighted by Crippen LogP contribution is -2.47. The summed E-state index contributed by atoms with van der Waals surface area (Å²) in [6.45, 7) is 2.40. The second kappa shape index (κ2) is 8.64. The highest BCUT2D eigenvalue weighted by molar-refractivity contribution is 5.98. The lowest BCUT2D eigenvalue weighted by atomic mass is 9.87. The number of furan rings is 1. The zero-order valence-electron chi connectivity index (χ0n) is 16.5. The second-order valence-corrected chi connectivity index (χ2v) is 7.87. The number of hydrogen-bond donors (Lipinski definition) is 0. The van der Waals surface area contributed by atoms with Crippen LogP contribution in [0.25, 0.3) is 0 Å². The van der Waals surface area contributed by atoms with E-state index >= 15 is 0 Å². The van der Waals surface area contributed by atoms with Crippen molar-refractivity contribution >= 4 is 17.6 Å². The maximum Gasteiger partial charge on any atom is 0.289 e. The van der Waals surface area contributed by atoms with Crippen molar-refractivity contribution in [2.45, 2.75) is 25.7 Å².